The zero-order valence-corrected chi connectivity index (χ0v) is 21.2. The third-order valence-corrected chi connectivity index (χ3v) is 10.4. The monoisotopic (exact) mass is 418 g/mol. The average molecular weight is 419 g/mol. The maximum atomic E-state index is 6.85. The van der Waals surface area contributed by atoms with Gasteiger partial charge in [-0.3, -0.25) is 0 Å². The minimum Gasteiger partial charge on any atom is -0.487 e. The molecule has 1 aromatic rings. The lowest BCUT2D eigenvalue weighted by Gasteiger charge is -2.34. The van der Waals surface area contributed by atoms with Crippen LogP contribution in [0.3, 0.4) is 0 Å². The summed E-state index contributed by atoms with van der Waals surface area (Å²) >= 11 is 0. The molecule has 28 heavy (non-hydrogen) atoms. The van der Waals surface area contributed by atoms with Crippen molar-refractivity contribution in [2.24, 2.45) is 0 Å². The van der Waals surface area contributed by atoms with E-state index in [2.05, 4.69) is 51.4 Å². The maximum Gasteiger partial charge on any atom is 0.160 e. The van der Waals surface area contributed by atoms with Gasteiger partial charge in [0, 0.05) is 0 Å². The summed E-state index contributed by atoms with van der Waals surface area (Å²) in [4.78, 5) is 0. The average Bonchev–Trinajstić information content (AvgIpc) is 2.63. The fourth-order valence-corrected chi connectivity index (χ4v) is 7.55. The van der Waals surface area contributed by atoms with Crippen LogP contribution in [0.5, 0.6) is 11.5 Å². The molecule has 0 saturated heterocycles. The van der Waals surface area contributed by atoms with E-state index in [-0.39, 0.29) is 0 Å². The minimum absolute atomic E-state index is 0.370. The van der Waals surface area contributed by atoms with E-state index >= 15 is 0 Å². The molecule has 3 rings (SSSR count). The van der Waals surface area contributed by atoms with Crippen LogP contribution in [0.1, 0.15) is 64.2 Å². The van der Waals surface area contributed by atoms with Crippen molar-refractivity contribution < 1.29 is 9.47 Å². The SMILES string of the molecule is C[Si](C)(C)c1ccc([Si](C)(C)C)c(OC2CCCCC2)c1OC1CCCCC1. The van der Waals surface area contributed by atoms with Gasteiger partial charge in [-0.05, 0) is 61.7 Å². The first kappa shape index (κ1) is 22.0. The Hall–Kier alpha value is -0.746. The molecule has 0 heterocycles. The first-order valence-electron chi connectivity index (χ1n) is 11.7. The van der Waals surface area contributed by atoms with E-state index in [1.54, 1.807) is 0 Å². The molecular formula is C24H42O2Si2. The molecule has 2 fully saturated rings. The summed E-state index contributed by atoms with van der Waals surface area (Å²) in [6.45, 7) is 14.6. The lowest BCUT2D eigenvalue weighted by atomic mass is 9.97. The Morgan fingerprint density at radius 2 is 0.893 bits per heavy atom. The van der Waals surface area contributed by atoms with Gasteiger partial charge in [0.25, 0.3) is 0 Å². The largest absolute Gasteiger partial charge is 0.487 e. The molecule has 0 N–H and O–H groups in total. The first-order valence-corrected chi connectivity index (χ1v) is 18.7. The number of hydrogen-bond acceptors (Lipinski definition) is 2. The van der Waals surface area contributed by atoms with Crippen molar-refractivity contribution in [3.63, 3.8) is 0 Å². The number of benzene rings is 1. The molecule has 0 unspecified atom stereocenters. The zero-order valence-electron chi connectivity index (χ0n) is 19.2. The van der Waals surface area contributed by atoms with Crippen LogP contribution in [-0.2, 0) is 0 Å². The second-order valence-electron chi connectivity index (χ2n) is 11.1. The quantitative estimate of drug-likeness (QED) is 0.512. The van der Waals surface area contributed by atoms with Crippen LogP contribution in [0.25, 0.3) is 0 Å². The molecule has 2 aliphatic rings. The second-order valence-corrected chi connectivity index (χ2v) is 21.2. The van der Waals surface area contributed by atoms with Crippen molar-refractivity contribution in [1.29, 1.82) is 0 Å². The lowest BCUT2D eigenvalue weighted by Crippen LogP contribution is -2.45. The summed E-state index contributed by atoms with van der Waals surface area (Å²) in [5.41, 5.74) is 0. The van der Waals surface area contributed by atoms with Gasteiger partial charge in [-0.15, -0.1) is 0 Å². The Morgan fingerprint density at radius 3 is 1.18 bits per heavy atom. The summed E-state index contributed by atoms with van der Waals surface area (Å²) in [5, 5.41) is 2.90. The zero-order chi connectivity index (χ0) is 20.4. The summed E-state index contributed by atoms with van der Waals surface area (Å²) in [7, 11) is -3.06. The normalized spacial score (nSPS) is 20.2. The Kier molecular flexibility index (Phi) is 7.02. The Balaban J connectivity index is 2.05. The molecule has 0 spiro atoms. The van der Waals surface area contributed by atoms with E-state index in [9.17, 15) is 0 Å². The third-order valence-electron chi connectivity index (χ3n) is 6.40. The van der Waals surface area contributed by atoms with Gasteiger partial charge in [0.15, 0.2) is 11.5 Å². The van der Waals surface area contributed by atoms with Gasteiger partial charge in [0.2, 0.25) is 0 Å². The predicted molar refractivity (Wildman–Crippen MR) is 127 cm³/mol. The first-order chi connectivity index (χ1) is 13.2. The second kappa shape index (κ2) is 8.95. The predicted octanol–water partition coefficient (Wildman–Crippen LogP) is 6.20. The third kappa shape index (κ3) is 5.44. The van der Waals surface area contributed by atoms with E-state index in [4.69, 9.17) is 9.47 Å². The maximum absolute atomic E-state index is 6.85. The van der Waals surface area contributed by atoms with Crippen molar-refractivity contribution in [3.05, 3.63) is 12.1 Å². The number of ether oxygens (including phenoxy) is 2. The van der Waals surface area contributed by atoms with Gasteiger partial charge in [-0.1, -0.05) is 64.3 Å². The standard InChI is InChI=1S/C24H42O2Si2/c1-27(2,3)21-17-18-22(28(4,5)6)24(26-20-15-11-8-12-16-20)23(21)25-19-13-9-7-10-14-19/h17-20H,7-16H2,1-6H3. The highest BCUT2D eigenvalue weighted by Crippen LogP contribution is 2.34. The highest BCUT2D eigenvalue weighted by atomic mass is 28.3. The Morgan fingerprint density at radius 1 is 0.571 bits per heavy atom. The molecule has 158 valence electrons. The fraction of sp³-hybridized carbons (Fsp3) is 0.750. The molecule has 0 amide bonds. The molecule has 2 nitrogen and oxygen atoms in total. The summed E-state index contributed by atoms with van der Waals surface area (Å²) < 4.78 is 13.7. The Bertz CT molecular complexity index is 589. The molecule has 0 aromatic heterocycles. The van der Waals surface area contributed by atoms with Crippen molar-refractivity contribution in [3.8, 4) is 11.5 Å². The minimum atomic E-state index is -1.53. The summed E-state index contributed by atoms with van der Waals surface area (Å²) in [5.74, 6) is 2.27. The molecule has 0 aliphatic heterocycles. The van der Waals surface area contributed by atoms with Crippen LogP contribution >= 0.6 is 0 Å². The van der Waals surface area contributed by atoms with Gasteiger partial charge >= 0.3 is 0 Å². The van der Waals surface area contributed by atoms with E-state index < -0.39 is 16.1 Å². The van der Waals surface area contributed by atoms with Gasteiger partial charge in [0.1, 0.15) is 0 Å². The number of hydrogen-bond donors (Lipinski definition) is 0. The van der Waals surface area contributed by atoms with Gasteiger partial charge in [0.05, 0.1) is 28.4 Å². The van der Waals surface area contributed by atoms with Crippen LogP contribution in [0, 0.1) is 0 Å². The van der Waals surface area contributed by atoms with Gasteiger partial charge in [-0.2, -0.15) is 0 Å². The van der Waals surface area contributed by atoms with Crippen molar-refractivity contribution >= 4 is 26.5 Å². The fourth-order valence-electron chi connectivity index (χ4n) is 4.68. The van der Waals surface area contributed by atoms with E-state index in [0.717, 1.165) is 11.5 Å². The van der Waals surface area contributed by atoms with E-state index in [1.807, 2.05) is 0 Å². The van der Waals surface area contributed by atoms with E-state index in [1.165, 1.54) is 74.6 Å². The summed E-state index contributed by atoms with van der Waals surface area (Å²) in [6, 6.07) is 4.79. The van der Waals surface area contributed by atoms with E-state index in [0.29, 0.717) is 12.2 Å². The van der Waals surface area contributed by atoms with Crippen LogP contribution in [0.4, 0.5) is 0 Å². The summed E-state index contributed by atoms with van der Waals surface area (Å²) in [6.07, 6.45) is 13.5. The van der Waals surface area contributed by atoms with Crippen molar-refractivity contribution in [2.75, 3.05) is 0 Å². The molecule has 2 saturated carbocycles. The van der Waals surface area contributed by atoms with Crippen molar-refractivity contribution in [2.45, 2.75) is 116 Å². The molecule has 0 atom stereocenters. The van der Waals surface area contributed by atoms with Crippen LogP contribution in [-0.4, -0.2) is 28.4 Å². The smallest absolute Gasteiger partial charge is 0.160 e. The lowest BCUT2D eigenvalue weighted by molar-refractivity contribution is 0.125. The van der Waals surface area contributed by atoms with Crippen LogP contribution in [0.15, 0.2) is 12.1 Å². The molecular weight excluding hydrogens is 376 g/mol. The van der Waals surface area contributed by atoms with Crippen LogP contribution in [0.2, 0.25) is 39.3 Å². The molecule has 2 aliphatic carbocycles. The van der Waals surface area contributed by atoms with Crippen LogP contribution < -0.4 is 19.8 Å². The topological polar surface area (TPSA) is 18.5 Å². The molecule has 4 heteroatoms. The highest BCUT2D eigenvalue weighted by molar-refractivity contribution is 6.91. The molecule has 1 aromatic carbocycles. The highest BCUT2D eigenvalue weighted by Gasteiger charge is 2.33. The van der Waals surface area contributed by atoms with Crippen molar-refractivity contribution in [1.82, 2.24) is 0 Å². The van der Waals surface area contributed by atoms with Gasteiger partial charge in [-0.25, -0.2) is 0 Å². The number of rotatable bonds is 6. The van der Waals surface area contributed by atoms with Gasteiger partial charge < -0.3 is 9.47 Å². The Labute approximate surface area is 175 Å². The molecule has 0 bridgehead atoms. The molecule has 0 radical (unpaired) electrons.